The topological polar surface area (TPSA) is 9.23 Å². The number of hydrogen-bond acceptors (Lipinski definition) is 1. The maximum Gasteiger partial charge on any atom is 0.429 e. The van der Waals surface area contributed by atoms with Crippen molar-refractivity contribution in [3.05, 3.63) is 119 Å². The maximum absolute atomic E-state index is 14.7. The van der Waals surface area contributed by atoms with Crippen LogP contribution in [0.4, 0.5) is 52.7 Å². The van der Waals surface area contributed by atoms with Crippen LogP contribution in [-0.2, 0) is 12.3 Å². The molecule has 0 aliphatic heterocycles. The summed E-state index contributed by atoms with van der Waals surface area (Å²) in [5.74, 6) is -10.2. The molecule has 0 aliphatic rings. The molecule has 0 saturated heterocycles. The average Bonchev–Trinajstić information content (AvgIpc) is 2.86. The molecule has 0 aromatic heterocycles. The molecule has 0 radical (unpaired) electrons. The smallest absolute Gasteiger partial charge is 0.429 e. The Labute approximate surface area is 222 Å². The van der Waals surface area contributed by atoms with E-state index in [0.717, 1.165) is 18.2 Å². The highest BCUT2D eigenvalue weighted by molar-refractivity contribution is 5.72. The van der Waals surface area contributed by atoms with Crippen molar-refractivity contribution in [3.63, 3.8) is 0 Å². The lowest BCUT2D eigenvalue weighted by Crippen LogP contribution is -2.24. The van der Waals surface area contributed by atoms with Gasteiger partial charge in [-0.1, -0.05) is 42.5 Å². The van der Waals surface area contributed by atoms with Gasteiger partial charge >= 0.3 is 18.4 Å². The molecule has 0 amide bonds. The largest absolute Gasteiger partial charge is 0.429 e. The molecule has 4 rings (SSSR count). The van der Waals surface area contributed by atoms with Gasteiger partial charge in [0, 0.05) is 23.3 Å². The molecule has 0 unspecified atom stereocenters. The van der Waals surface area contributed by atoms with Crippen LogP contribution in [0.15, 0.2) is 78.9 Å². The van der Waals surface area contributed by atoms with Gasteiger partial charge in [-0.15, -0.1) is 0 Å². The number of alkyl halides is 5. The Morgan fingerprint density at radius 1 is 0.561 bits per heavy atom. The van der Waals surface area contributed by atoms with Crippen molar-refractivity contribution < 1.29 is 57.4 Å². The van der Waals surface area contributed by atoms with E-state index in [0.29, 0.717) is 18.2 Å². The average molecular weight is 592 g/mol. The lowest BCUT2D eigenvalue weighted by Gasteiger charge is -2.20. The summed E-state index contributed by atoms with van der Waals surface area (Å²) < 4.78 is 166. The van der Waals surface area contributed by atoms with Crippen LogP contribution in [0.2, 0.25) is 0 Å². The summed E-state index contributed by atoms with van der Waals surface area (Å²) in [4.78, 5) is 0. The fourth-order valence-electron chi connectivity index (χ4n) is 3.85. The van der Waals surface area contributed by atoms with Gasteiger partial charge in [0.2, 0.25) is 0 Å². The van der Waals surface area contributed by atoms with Gasteiger partial charge in [0.25, 0.3) is 0 Å². The first kappa shape index (κ1) is 29.6. The van der Waals surface area contributed by atoms with Gasteiger partial charge in [-0.3, -0.25) is 0 Å². The predicted molar refractivity (Wildman–Crippen MR) is 123 cm³/mol. The first-order valence-electron chi connectivity index (χ1n) is 11.1. The Kier molecular flexibility index (Phi) is 7.83. The Balaban J connectivity index is 1.57. The van der Waals surface area contributed by atoms with Gasteiger partial charge in [-0.25, -0.2) is 22.0 Å². The van der Waals surface area contributed by atoms with Crippen molar-refractivity contribution in [2.45, 2.75) is 12.3 Å². The van der Waals surface area contributed by atoms with Crippen molar-refractivity contribution >= 4 is 5.83 Å². The van der Waals surface area contributed by atoms with E-state index < -0.39 is 69.9 Å². The minimum atomic E-state index is -5.44. The highest BCUT2D eigenvalue weighted by atomic mass is 19.4. The quantitative estimate of drug-likeness (QED) is 0.203. The first-order valence-corrected chi connectivity index (χ1v) is 11.1. The molecule has 41 heavy (non-hydrogen) atoms. The second kappa shape index (κ2) is 10.9. The van der Waals surface area contributed by atoms with Crippen molar-refractivity contribution in [2.75, 3.05) is 0 Å². The van der Waals surface area contributed by atoms with Gasteiger partial charge < -0.3 is 4.74 Å². The van der Waals surface area contributed by atoms with Crippen LogP contribution >= 0.6 is 0 Å². The van der Waals surface area contributed by atoms with E-state index >= 15 is 0 Å². The first-order chi connectivity index (χ1) is 19.1. The summed E-state index contributed by atoms with van der Waals surface area (Å²) in [7, 11) is 0. The maximum atomic E-state index is 14.7. The molecule has 0 N–H and O–H groups in total. The highest BCUT2D eigenvalue weighted by Gasteiger charge is 2.41. The summed E-state index contributed by atoms with van der Waals surface area (Å²) in [6.45, 7) is 0. The third-order valence-corrected chi connectivity index (χ3v) is 5.75. The molecule has 4 aromatic carbocycles. The monoisotopic (exact) mass is 592 g/mol. The molecular formula is C28H12F12O. The molecule has 13 heteroatoms. The standard InChI is InChI=1S/C28H12F12O/c29-20-10-16(25(33)26(34)35)5-7-18(20)14-3-1-13(2-4-14)15-6-8-19(21(30)9-15)28(39,40)41-17-11-22(31)24(23(32)12-17)27(36,37)38/h1-12H. The van der Waals surface area contributed by atoms with Crippen LogP contribution in [0, 0.1) is 23.3 Å². The molecule has 214 valence electrons. The van der Waals surface area contributed by atoms with Gasteiger partial charge in [0.1, 0.15) is 34.6 Å². The molecule has 0 spiro atoms. The van der Waals surface area contributed by atoms with E-state index in [9.17, 15) is 52.7 Å². The summed E-state index contributed by atoms with van der Waals surface area (Å²) in [6.07, 6.45) is -12.6. The summed E-state index contributed by atoms with van der Waals surface area (Å²) >= 11 is 0. The summed E-state index contributed by atoms with van der Waals surface area (Å²) in [5, 5.41) is 0. The summed E-state index contributed by atoms with van der Waals surface area (Å²) in [5.41, 5.74) is -3.95. The van der Waals surface area contributed by atoms with Gasteiger partial charge in [0.15, 0.2) is 5.83 Å². The van der Waals surface area contributed by atoms with Crippen molar-refractivity contribution in [2.24, 2.45) is 0 Å². The van der Waals surface area contributed by atoms with Crippen LogP contribution in [0.5, 0.6) is 5.75 Å². The third-order valence-electron chi connectivity index (χ3n) is 5.75. The Morgan fingerprint density at radius 3 is 1.63 bits per heavy atom. The van der Waals surface area contributed by atoms with Gasteiger partial charge in [-0.2, -0.15) is 30.7 Å². The predicted octanol–water partition coefficient (Wildman–Crippen LogP) is 10.3. The zero-order valence-corrected chi connectivity index (χ0v) is 19.9. The minimum absolute atomic E-state index is 0.0432. The second-order valence-electron chi connectivity index (χ2n) is 8.42. The molecule has 0 heterocycles. The Hall–Kier alpha value is -4.42. The second-order valence-corrected chi connectivity index (χ2v) is 8.42. The number of halogens is 12. The molecular weight excluding hydrogens is 580 g/mol. The van der Waals surface area contributed by atoms with Gasteiger partial charge in [-0.05, 0) is 34.9 Å². The van der Waals surface area contributed by atoms with E-state index in [2.05, 4.69) is 4.74 Å². The molecule has 0 bridgehead atoms. The third kappa shape index (κ3) is 6.18. The molecule has 0 saturated carbocycles. The van der Waals surface area contributed by atoms with E-state index in [1.165, 1.54) is 24.3 Å². The molecule has 0 aliphatic carbocycles. The van der Waals surface area contributed by atoms with E-state index in [1.54, 1.807) is 0 Å². The lowest BCUT2D eigenvalue weighted by molar-refractivity contribution is -0.187. The zero-order valence-electron chi connectivity index (χ0n) is 19.9. The van der Waals surface area contributed by atoms with Crippen LogP contribution in [-0.4, -0.2) is 0 Å². The van der Waals surface area contributed by atoms with Gasteiger partial charge in [0.05, 0.1) is 5.56 Å². The Morgan fingerprint density at radius 2 is 1.12 bits per heavy atom. The van der Waals surface area contributed by atoms with Crippen molar-refractivity contribution in [1.82, 2.24) is 0 Å². The van der Waals surface area contributed by atoms with E-state index in [1.807, 2.05) is 0 Å². The van der Waals surface area contributed by atoms with Crippen LogP contribution < -0.4 is 4.74 Å². The van der Waals surface area contributed by atoms with Crippen molar-refractivity contribution in [1.29, 1.82) is 0 Å². The fraction of sp³-hybridized carbons (Fsp3) is 0.0714. The van der Waals surface area contributed by atoms with E-state index in [4.69, 9.17) is 0 Å². The number of rotatable bonds is 6. The molecule has 0 atom stereocenters. The summed E-state index contributed by atoms with van der Waals surface area (Å²) in [6, 6.07) is 9.98. The fourth-order valence-corrected chi connectivity index (χ4v) is 3.85. The molecule has 4 aromatic rings. The van der Waals surface area contributed by atoms with Crippen LogP contribution in [0.3, 0.4) is 0 Å². The van der Waals surface area contributed by atoms with Crippen LogP contribution in [0.1, 0.15) is 16.7 Å². The lowest BCUT2D eigenvalue weighted by atomic mass is 9.98. The Bertz CT molecular complexity index is 1610. The zero-order chi connectivity index (χ0) is 30.3. The number of benzene rings is 4. The number of hydrogen-bond donors (Lipinski definition) is 0. The highest BCUT2D eigenvalue weighted by Crippen LogP contribution is 2.39. The SMILES string of the molecule is FC(F)=C(F)c1ccc(-c2ccc(-c3ccc(C(F)(F)Oc4cc(F)c(C(F)(F)F)c(F)c4)c(F)c3)cc2)c(F)c1. The number of ether oxygens (including phenoxy) is 1. The minimum Gasteiger partial charge on any atom is -0.429 e. The van der Waals surface area contributed by atoms with Crippen LogP contribution in [0.25, 0.3) is 28.1 Å². The van der Waals surface area contributed by atoms with E-state index in [-0.39, 0.29) is 34.4 Å². The molecule has 0 fully saturated rings. The van der Waals surface area contributed by atoms with Crippen molar-refractivity contribution in [3.8, 4) is 28.0 Å². The normalized spacial score (nSPS) is 11.9. The molecule has 1 nitrogen and oxygen atoms in total.